The number of nitrogens with one attached hydrogen (secondary N) is 2. The normalized spacial score (nSPS) is 14.2. The van der Waals surface area contributed by atoms with Crippen LogP contribution < -0.4 is 15.5 Å². The number of hydrogen-bond acceptors (Lipinski definition) is 3. The third kappa shape index (κ3) is 4.95. The second kappa shape index (κ2) is 9.46. The molecule has 2 aromatic carbocycles. The molecule has 146 valence electrons. The van der Waals surface area contributed by atoms with Crippen molar-refractivity contribution in [1.82, 2.24) is 10.6 Å². The van der Waals surface area contributed by atoms with Crippen molar-refractivity contribution in [2.75, 3.05) is 11.9 Å². The van der Waals surface area contributed by atoms with Gasteiger partial charge in [0.1, 0.15) is 0 Å². The molecule has 0 atom stereocenters. The summed E-state index contributed by atoms with van der Waals surface area (Å²) < 4.78 is 0. The number of rotatable bonds is 4. The van der Waals surface area contributed by atoms with Gasteiger partial charge in [-0.15, -0.1) is 0 Å². The summed E-state index contributed by atoms with van der Waals surface area (Å²) in [6.07, 6.45) is 5.59. The molecule has 1 aliphatic rings. The average molecular weight is 396 g/mol. The van der Waals surface area contributed by atoms with Crippen LogP contribution in [0.25, 0.3) is 0 Å². The van der Waals surface area contributed by atoms with Crippen LogP contribution in [0.5, 0.6) is 0 Å². The number of anilines is 1. The first-order chi connectivity index (χ1) is 13.6. The van der Waals surface area contributed by atoms with Gasteiger partial charge in [-0.3, -0.25) is 14.9 Å². The highest BCUT2D eigenvalue weighted by molar-refractivity contribution is 7.80. The number of carbonyl (C=O) groups is 2. The van der Waals surface area contributed by atoms with E-state index in [0.29, 0.717) is 16.8 Å². The summed E-state index contributed by atoms with van der Waals surface area (Å²) in [6.45, 7) is 0. The van der Waals surface area contributed by atoms with Gasteiger partial charge in [0.05, 0.1) is 11.3 Å². The summed E-state index contributed by atoms with van der Waals surface area (Å²) in [5, 5.41) is 6.11. The summed E-state index contributed by atoms with van der Waals surface area (Å²) >= 11 is 5.40. The van der Waals surface area contributed by atoms with Crippen LogP contribution in [0.3, 0.4) is 0 Å². The van der Waals surface area contributed by atoms with Crippen molar-refractivity contribution in [3.63, 3.8) is 0 Å². The number of amides is 2. The molecular weight excluding hydrogens is 370 g/mol. The minimum atomic E-state index is -0.276. The highest BCUT2D eigenvalue weighted by atomic mass is 32.1. The van der Waals surface area contributed by atoms with Crippen molar-refractivity contribution in [3.8, 4) is 0 Å². The van der Waals surface area contributed by atoms with Crippen molar-refractivity contribution in [2.24, 2.45) is 0 Å². The van der Waals surface area contributed by atoms with Gasteiger partial charge >= 0.3 is 0 Å². The number of thiocarbonyl (C=S) groups is 1. The molecule has 1 aliphatic carbocycles. The van der Waals surface area contributed by atoms with Gasteiger partial charge < -0.3 is 10.2 Å². The quantitative estimate of drug-likeness (QED) is 0.771. The first-order valence-electron chi connectivity index (χ1n) is 9.60. The molecule has 28 heavy (non-hydrogen) atoms. The highest BCUT2D eigenvalue weighted by Gasteiger charge is 2.21. The minimum Gasteiger partial charge on any atom is -0.349 e. The Morgan fingerprint density at radius 1 is 0.929 bits per heavy atom. The lowest BCUT2D eigenvalue weighted by atomic mass is 9.95. The number of nitrogens with zero attached hydrogens (tertiary/aromatic N) is 1. The van der Waals surface area contributed by atoms with E-state index in [-0.39, 0.29) is 23.0 Å². The molecule has 2 amide bonds. The Labute approximate surface area is 171 Å². The zero-order valence-corrected chi connectivity index (χ0v) is 16.8. The Hall–Kier alpha value is -2.73. The molecule has 0 unspecified atom stereocenters. The maximum atomic E-state index is 12.8. The fraction of sp³-hybridized carbons (Fsp3) is 0.318. The molecule has 3 rings (SSSR count). The lowest BCUT2D eigenvalue weighted by Crippen LogP contribution is -2.42. The molecule has 0 spiro atoms. The maximum Gasteiger partial charge on any atom is 0.257 e. The van der Waals surface area contributed by atoms with Crippen LogP contribution >= 0.6 is 12.2 Å². The van der Waals surface area contributed by atoms with Crippen LogP contribution in [0.1, 0.15) is 52.8 Å². The molecule has 1 saturated carbocycles. The van der Waals surface area contributed by atoms with Crippen LogP contribution in [0.15, 0.2) is 54.6 Å². The van der Waals surface area contributed by atoms with Crippen molar-refractivity contribution < 1.29 is 9.59 Å². The molecule has 0 heterocycles. The lowest BCUT2D eigenvalue weighted by molar-refractivity contribution is 0.0927. The van der Waals surface area contributed by atoms with Crippen molar-refractivity contribution >= 4 is 34.8 Å². The Kier molecular flexibility index (Phi) is 6.76. The van der Waals surface area contributed by atoms with Gasteiger partial charge in [0, 0.05) is 18.7 Å². The molecule has 5 nitrogen and oxygen atoms in total. The van der Waals surface area contributed by atoms with Gasteiger partial charge in [-0.2, -0.15) is 0 Å². The first-order valence-corrected chi connectivity index (χ1v) is 10.0. The molecule has 0 bridgehead atoms. The highest BCUT2D eigenvalue weighted by Crippen LogP contribution is 2.22. The van der Waals surface area contributed by atoms with Gasteiger partial charge in [-0.05, 0) is 49.3 Å². The number of carbonyl (C=O) groups excluding carboxylic acids is 2. The summed E-state index contributed by atoms with van der Waals surface area (Å²) in [5.74, 6) is -0.381. The molecular formula is C22H25N3O2S. The summed E-state index contributed by atoms with van der Waals surface area (Å²) in [5.41, 5.74) is 1.74. The van der Waals surface area contributed by atoms with E-state index in [4.69, 9.17) is 12.2 Å². The van der Waals surface area contributed by atoms with Crippen LogP contribution in [0.2, 0.25) is 0 Å². The minimum absolute atomic E-state index is 0.105. The molecule has 2 aromatic rings. The summed E-state index contributed by atoms with van der Waals surface area (Å²) in [7, 11) is 1.75. The molecule has 2 N–H and O–H groups in total. The largest absolute Gasteiger partial charge is 0.349 e. The van der Waals surface area contributed by atoms with E-state index in [9.17, 15) is 9.59 Å². The van der Waals surface area contributed by atoms with E-state index < -0.39 is 0 Å². The van der Waals surface area contributed by atoms with E-state index in [1.165, 1.54) is 6.42 Å². The molecule has 6 heteroatoms. The van der Waals surface area contributed by atoms with E-state index in [2.05, 4.69) is 10.6 Å². The van der Waals surface area contributed by atoms with E-state index >= 15 is 0 Å². The van der Waals surface area contributed by atoms with E-state index in [1.54, 1.807) is 42.3 Å². The Balaban J connectivity index is 1.71. The maximum absolute atomic E-state index is 12.8. The molecule has 0 aromatic heterocycles. The van der Waals surface area contributed by atoms with Crippen LogP contribution in [0, 0.1) is 0 Å². The predicted molar refractivity (Wildman–Crippen MR) is 116 cm³/mol. The Morgan fingerprint density at radius 3 is 2.29 bits per heavy atom. The molecule has 0 aliphatic heterocycles. The van der Waals surface area contributed by atoms with E-state index in [0.717, 1.165) is 25.7 Å². The molecule has 1 fully saturated rings. The average Bonchev–Trinajstić information content (AvgIpc) is 2.74. The number of para-hydroxylation sites is 1. The third-order valence-corrected chi connectivity index (χ3v) is 5.39. The zero-order chi connectivity index (χ0) is 19.9. The smallest absolute Gasteiger partial charge is 0.257 e. The lowest BCUT2D eigenvalue weighted by Gasteiger charge is -2.26. The SMILES string of the molecule is CN(C(=S)NC(=O)c1ccccc1)c1ccccc1C(=O)NC1CCCCC1. The topological polar surface area (TPSA) is 61.4 Å². The Morgan fingerprint density at radius 2 is 1.57 bits per heavy atom. The summed E-state index contributed by atoms with van der Waals surface area (Å²) in [6, 6.07) is 16.4. The Bertz CT molecular complexity index is 848. The first kappa shape index (κ1) is 20.0. The van der Waals surface area contributed by atoms with Gasteiger partial charge in [0.2, 0.25) is 0 Å². The third-order valence-electron chi connectivity index (χ3n) is 5.01. The van der Waals surface area contributed by atoms with Crippen LogP contribution in [-0.2, 0) is 0 Å². The zero-order valence-electron chi connectivity index (χ0n) is 16.0. The van der Waals surface area contributed by atoms with Crippen LogP contribution in [-0.4, -0.2) is 30.0 Å². The van der Waals surface area contributed by atoms with Gasteiger partial charge in [-0.1, -0.05) is 49.6 Å². The fourth-order valence-corrected chi connectivity index (χ4v) is 3.61. The molecule has 0 saturated heterocycles. The van der Waals surface area contributed by atoms with Crippen LogP contribution in [0.4, 0.5) is 5.69 Å². The standard InChI is InChI=1S/C22H25N3O2S/c1-25(22(28)24-20(26)16-10-4-2-5-11-16)19-15-9-8-14-18(19)21(27)23-17-12-6-3-7-13-17/h2,4-5,8-11,14-15,17H,3,6-7,12-13H2,1H3,(H,23,27)(H,24,26,28). The number of benzene rings is 2. The summed E-state index contributed by atoms with van der Waals surface area (Å²) in [4.78, 5) is 26.9. The van der Waals surface area contributed by atoms with Crippen molar-refractivity contribution in [2.45, 2.75) is 38.1 Å². The van der Waals surface area contributed by atoms with E-state index in [1.807, 2.05) is 24.3 Å². The van der Waals surface area contributed by atoms with Crippen molar-refractivity contribution in [3.05, 3.63) is 65.7 Å². The molecule has 0 radical (unpaired) electrons. The monoisotopic (exact) mass is 395 g/mol. The number of hydrogen-bond donors (Lipinski definition) is 2. The van der Waals surface area contributed by atoms with Gasteiger partial charge in [0.25, 0.3) is 11.8 Å². The van der Waals surface area contributed by atoms with Gasteiger partial charge in [0.15, 0.2) is 5.11 Å². The second-order valence-corrected chi connectivity index (χ2v) is 7.40. The fourth-order valence-electron chi connectivity index (χ4n) is 3.42. The predicted octanol–water partition coefficient (Wildman–Crippen LogP) is 3.90. The van der Waals surface area contributed by atoms with Gasteiger partial charge in [-0.25, -0.2) is 0 Å². The van der Waals surface area contributed by atoms with Crippen molar-refractivity contribution in [1.29, 1.82) is 0 Å². The second-order valence-electron chi connectivity index (χ2n) is 7.01.